The summed E-state index contributed by atoms with van der Waals surface area (Å²) in [6, 6.07) is 4.87. The Hall–Kier alpha value is -1.13. The predicted octanol–water partition coefficient (Wildman–Crippen LogP) is 3.17. The minimum Gasteiger partial charge on any atom is -0.393 e. The molecule has 22 heavy (non-hydrogen) atoms. The number of rotatable bonds is 3. The maximum Gasteiger partial charge on any atom is 0.226 e. The summed E-state index contributed by atoms with van der Waals surface area (Å²) in [5, 5.41) is 9.98. The van der Waals surface area contributed by atoms with E-state index in [4.69, 9.17) is 11.6 Å². The van der Waals surface area contributed by atoms with E-state index in [9.17, 15) is 14.3 Å². The Labute approximate surface area is 135 Å². The van der Waals surface area contributed by atoms with Crippen molar-refractivity contribution in [2.45, 2.75) is 50.7 Å². The molecule has 0 aromatic heterocycles. The van der Waals surface area contributed by atoms with E-state index in [0.29, 0.717) is 17.0 Å². The number of benzene rings is 1. The third-order valence-electron chi connectivity index (χ3n) is 4.97. The molecule has 1 N–H and O–H groups in total. The van der Waals surface area contributed by atoms with Crippen LogP contribution in [-0.2, 0) is 11.2 Å². The Balaban J connectivity index is 1.66. The molecule has 1 aliphatic carbocycles. The van der Waals surface area contributed by atoms with Crippen molar-refractivity contribution in [2.24, 2.45) is 5.92 Å². The fourth-order valence-electron chi connectivity index (χ4n) is 3.66. The third-order valence-corrected chi connectivity index (χ3v) is 5.32. The lowest BCUT2D eigenvalue weighted by molar-refractivity contribution is -0.133. The van der Waals surface area contributed by atoms with E-state index >= 15 is 0 Å². The molecule has 3 nitrogen and oxygen atoms in total. The van der Waals surface area contributed by atoms with Gasteiger partial charge in [0, 0.05) is 29.1 Å². The van der Waals surface area contributed by atoms with Crippen LogP contribution in [0.4, 0.5) is 4.39 Å². The van der Waals surface area contributed by atoms with Crippen LogP contribution in [0.15, 0.2) is 18.2 Å². The average Bonchev–Trinajstić information content (AvgIpc) is 2.85. The summed E-state index contributed by atoms with van der Waals surface area (Å²) in [6.45, 7) is 0.732. The normalized spacial score (nSPS) is 29.1. The van der Waals surface area contributed by atoms with Crippen LogP contribution in [-0.4, -0.2) is 34.6 Å². The van der Waals surface area contributed by atoms with Gasteiger partial charge in [0.25, 0.3) is 0 Å². The monoisotopic (exact) mass is 325 g/mol. The number of halogens is 2. The Morgan fingerprint density at radius 2 is 1.95 bits per heavy atom. The summed E-state index contributed by atoms with van der Waals surface area (Å²) < 4.78 is 13.9. The molecule has 1 saturated carbocycles. The van der Waals surface area contributed by atoms with Crippen LogP contribution in [0, 0.1) is 11.7 Å². The minimum atomic E-state index is -0.334. The number of carbonyl (C=O) groups excluding carboxylic acids is 1. The summed E-state index contributed by atoms with van der Waals surface area (Å²) in [4.78, 5) is 14.5. The summed E-state index contributed by atoms with van der Waals surface area (Å²) in [7, 11) is 0. The van der Waals surface area contributed by atoms with Gasteiger partial charge in [0.2, 0.25) is 5.91 Å². The second-order valence-electron chi connectivity index (χ2n) is 6.38. The highest BCUT2D eigenvalue weighted by Gasteiger charge is 2.37. The molecule has 3 rings (SSSR count). The molecule has 1 saturated heterocycles. The lowest BCUT2D eigenvalue weighted by atomic mass is 9.92. The smallest absolute Gasteiger partial charge is 0.226 e. The van der Waals surface area contributed by atoms with E-state index in [-0.39, 0.29) is 29.8 Å². The largest absolute Gasteiger partial charge is 0.393 e. The van der Waals surface area contributed by atoms with Crippen LogP contribution in [0.5, 0.6) is 0 Å². The van der Waals surface area contributed by atoms with Crippen molar-refractivity contribution < 1.29 is 14.3 Å². The third kappa shape index (κ3) is 3.13. The van der Waals surface area contributed by atoms with Crippen LogP contribution in [0.25, 0.3) is 0 Å². The molecule has 1 unspecified atom stereocenters. The van der Waals surface area contributed by atoms with E-state index in [1.807, 2.05) is 4.90 Å². The first-order valence-electron chi connectivity index (χ1n) is 7.97. The molecular formula is C17H21ClFNO2. The number of aliphatic hydroxyl groups excluding tert-OH is 1. The van der Waals surface area contributed by atoms with Crippen LogP contribution in [0.2, 0.25) is 5.02 Å². The zero-order chi connectivity index (χ0) is 15.7. The number of hydrogen-bond donors (Lipinski definition) is 1. The van der Waals surface area contributed by atoms with E-state index in [0.717, 1.165) is 38.6 Å². The SMILES string of the molecule is O=C1C(Cc2c(F)cccc2Cl)CCN1[C@H]1CC[C@H](O)CC1. The van der Waals surface area contributed by atoms with Gasteiger partial charge in [-0.1, -0.05) is 17.7 Å². The van der Waals surface area contributed by atoms with Gasteiger partial charge >= 0.3 is 0 Å². The molecular weight excluding hydrogens is 305 g/mol. The number of aliphatic hydroxyl groups is 1. The van der Waals surface area contributed by atoms with E-state index in [2.05, 4.69) is 0 Å². The van der Waals surface area contributed by atoms with Gasteiger partial charge in [0.15, 0.2) is 0 Å². The van der Waals surface area contributed by atoms with Gasteiger partial charge < -0.3 is 10.0 Å². The number of likely N-dealkylation sites (tertiary alicyclic amines) is 1. The molecule has 2 fully saturated rings. The number of amides is 1. The Bertz CT molecular complexity index is 537. The molecule has 1 aromatic carbocycles. The fourth-order valence-corrected chi connectivity index (χ4v) is 3.90. The van der Waals surface area contributed by atoms with Crippen molar-refractivity contribution in [1.29, 1.82) is 0 Å². The van der Waals surface area contributed by atoms with Gasteiger partial charge in [-0.25, -0.2) is 4.39 Å². The van der Waals surface area contributed by atoms with Crippen LogP contribution < -0.4 is 0 Å². The topological polar surface area (TPSA) is 40.5 Å². The lowest BCUT2D eigenvalue weighted by Crippen LogP contribution is -2.41. The van der Waals surface area contributed by atoms with Crippen LogP contribution >= 0.6 is 11.6 Å². The van der Waals surface area contributed by atoms with Crippen molar-refractivity contribution in [3.05, 3.63) is 34.6 Å². The van der Waals surface area contributed by atoms with Crippen molar-refractivity contribution >= 4 is 17.5 Å². The molecule has 120 valence electrons. The number of nitrogens with zero attached hydrogens (tertiary/aromatic N) is 1. The van der Waals surface area contributed by atoms with Gasteiger partial charge in [-0.15, -0.1) is 0 Å². The molecule has 0 bridgehead atoms. The molecule has 2 aliphatic rings. The zero-order valence-corrected chi connectivity index (χ0v) is 13.2. The first-order valence-corrected chi connectivity index (χ1v) is 8.35. The Morgan fingerprint density at radius 1 is 1.23 bits per heavy atom. The standard InChI is InChI=1S/C17H21ClFNO2/c18-15-2-1-3-16(19)14(15)10-11-8-9-20(17(11)22)12-4-6-13(21)7-5-12/h1-3,11-13,21H,4-10H2/t11?,12-,13-. The molecule has 5 heteroatoms. The zero-order valence-electron chi connectivity index (χ0n) is 12.5. The number of hydrogen-bond acceptors (Lipinski definition) is 2. The highest BCUT2D eigenvalue weighted by molar-refractivity contribution is 6.31. The molecule has 1 aliphatic heterocycles. The minimum absolute atomic E-state index is 0.112. The van der Waals surface area contributed by atoms with Gasteiger partial charge in [0.1, 0.15) is 5.82 Å². The van der Waals surface area contributed by atoms with Crippen LogP contribution in [0.3, 0.4) is 0 Å². The highest BCUT2D eigenvalue weighted by Crippen LogP contribution is 2.32. The molecule has 1 amide bonds. The first-order chi connectivity index (χ1) is 10.6. The molecule has 1 atom stereocenters. The van der Waals surface area contributed by atoms with Gasteiger partial charge in [-0.3, -0.25) is 4.79 Å². The van der Waals surface area contributed by atoms with Gasteiger partial charge in [-0.05, 0) is 50.7 Å². The van der Waals surface area contributed by atoms with E-state index in [1.54, 1.807) is 12.1 Å². The van der Waals surface area contributed by atoms with Crippen LogP contribution in [0.1, 0.15) is 37.7 Å². The predicted molar refractivity (Wildman–Crippen MR) is 83.2 cm³/mol. The van der Waals surface area contributed by atoms with Gasteiger partial charge in [0.05, 0.1) is 6.10 Å². The summed E-state index contributed by atoms with van der Waals surface area (Å²) >= 11 is 6.06. The maximum absolute atomic E-state index is 13.9. The second-order valence-corrected chi connectivity index (χ2v) is 6.79. The number of carbonyl (C=O) groups is 1. The quantitative estimate of drug-likeness (QED) is 0.927. The fraction of sp³-hybridized carbons (Fsp3) is 0.588. The van der Waals surface area contributed by atoms with Crippen molar-refractivity contribution in [2.75, 3.05) is 6.54 Å². The molecule has 0 spiro atoms. The maximum atomic E-state index is 13.9. The molecule has 1 aromatic rings. The molecule has 1 heterocycles. The summed E-state index contributed by atoms with van der Waals surface area (Å²) in [6.07, 6.45) is 4.15. The van der Waals surface area contributed by atoms with E-state index in [1.165, 1.54) is 6.07 Å². The molecule has 0 radical (unpaired) electrons. The Kier molecular flexibility index (Phi) is 4.69. The highest BCUT2D eigenvalue weighted by atomic mass is 35.5. The summed E-state index contributed by atoms with van der Waals surface area (Å²) in [5.41, 5.74) is 0.448. The Morgan fingerprint density at radius 3 is 2.64 bits per heavy atom. The lowest BCUT2D eigenvalue weighted by Gasteiger charge is -2.33. The second kappa shape index (κ2) is 6.55. The van der Waals surface area contributed by atoms with Gasteiger partial charge in [-0.2, -0.15) is 0 Å². The van der Waals surface area contributed by atoms with Crippen molar-refractivity contribution in [3.8, 4) is 0 Å². The van der Waals surface area contributed by atoms with Crippen molar-refractivity contribution in [1.82, 2.24) is 4.90 Å². The van der Waals surface area contributed by atoms with Crippen molar-refractivity contribution in [3.63, 3.8) is 0 Å². The summed E-state index contributed by atoms with van der Waals surface area (Å²) in [5.74, 6) is -0.401. The average molecular weight is 326 g/mol. The van der Waals surface area contributed by atoms with E-state index < -0.39 is 0 Å². The first kappa shape index (κ1) is 15.8.